The summed E-state index contributed by atoms with van der Waals surface area (Å²) in [5.74, 6) is 1.93. The van der Waals surface area contributed by atoms with Gasteiger partial charge in [-0.25, -0.2) is 0 Å². The lowest BCUT2D eigenvalue weighted by Crippen LogP contribution is -2.45. The summed E-state index contributed by atoms with van der Waals surface area (Å²) in [4.78, 5) is 14.7. The van der Waals surface area contributed by atoms with Gasteiger partial charge in [-0.2, -0.15) is 5.26 Å². The summed E-state index contributed by atoms with van der Waals surface area (Å²) in [7, 11) is 3.63. The van der Waals surface area contributed by atoms with E-state index in [-0.39, 0.29) is 17.4 Å². The molecule has 208 valence electrons. The third-order valence-electron chi connectivity index (χ3n) is 10.3. The molecule has 2 saturated carbocycles. The van der Waals surface area contributed by atoms with Crippen molar-refractivity contribution in [1.29, 1.82) is 10.7 Å². The van der Waals surface area contributed by atoms with Crippen molar-refractivity contribution in [2.75, 3.05) is 27.2 Å². The van der Waals surface area contributed by atoms with Crippen molar-refractivity contribution < 1.29 is 4.79 Å². The van der Waals surface area contributed by atoms with Crippen LogP contribution in [0.5, 0.6) is 0 Å². The molecule has 4 aliphatic rings. The number of likely N-dealkylation sites (tertiary alicyclic amines) is 1. The van der Waals surface area contributed by atoms with Gasteiger partial charge in [-0.1, -0.05) is 19.2 Å². The highest BCUT2D eigenvalue weighted by molar-refractivity contribution is 5.94. The number of nitriles is 1. The van der Waals surface area contributed by atoms with Crippen molar-refractivity contribution in [1.82, 2.24) is 20.9 Å². The van der Waals surface area contributed by atoms with Gasteiger partial charge in [0.15, 0.2) is 0 Å². The van der Waals surface area contributed by atoms with Crippen molar-refractivity contribution in [3.8, 4) is 6.07 Å². The molecule has 3 aliphatic carbocycles. The molecule has 0 aromatic heterocycles. The van der Waals surface area contributed by atoms with Crippen LogP contribution in [0.1, 0.15) is 66.4 Å². The van der Waals surface area contributed by atoms with Gasteiger partial charge in [0.25, 0.3) is 5.91 Å². The maximum atomic E-state index is 12.5. The first kappa shape index (κ1) is 27.5. The number of carbonyl (C=O) groups excluding carboxylic acids is 1. The minimum atomic E-state index is -0.386. The molecule has 1 aromatic rings. The van der Waals surface area contributed by atoms with Crippen LogP contribution < -0.4 is 16.0 Å². The fourth-order valence-electron chi connectivity index (χ4n) is 8.09. The second-order valence-electron chi connectivity index (χ2n) is 12.2. The Morgan fingerprint density at radius 1 is 1.18 bits per heavy atom. The highest BCUT2D eigenvalue weighted by atomic mass is 16.1. The molecule has 5 rings (SSSR count). The normalized spacial score (nSPS) is 32.5. The first-order chi connectivity index (χ1) is 18.9. The smallest absolute Gasteiger partial charge is 0.251 e. The van der Waals surface area contributed by atoms with Crippen LogP contribution in [0.15, 0.2) is 42.8 Å². The van der Waals surface area contributed by atoms with Crippen molar-refractivity contribution in [2.45, 2.75) is 68.9 Å². The highest BCUT2D eigenvalue weighted by Gasteiger charge is 2.52. The number of rotatable bonds is 10. The van der Waals surface area contributed by atoms with E-state index in [1.54, 1.807) is 13.3 Å². The van der Waals surface area contributed by atoms with Crippen LogP contribution in [-0.4, -0.2) is 56.3 Å². The average molecular weight is 529 g/mol. The Morgan fingerprint density at radius 2 is 2.00 bits per heavy atom. The van der Waals surface area contributed by atoms with Gasteiger partial charge in [0, 0.05) is 55.3 Å². The molecule has 0 bridgehead atoms. The zero-order valence-corrected chi connectivity index (χ0v) is 23.6. The average Bonchev–Trinajstić information content (AvgIpc) is 3.66. The molecular formula is C32H44N6O. The molecule has 7 nitrogen and oxygen atoms in total. The van der Waals surface area contributed by atoms with E-state index in [4.69, 9.17) is 5.41 Å². The maximum absolute atomic E-state index is 12.5. The lowest BCUT2D eigenvalue weighted by Gasteiger charge is -2.46. The zero-order valence-electron chi connectivity index (χ0n) is 23.6. The van der Waals surface area contributed by atoms with E-state index < -0.39 is 0 Å². The van der Waals surface area contributed by atoms with E-state index in [9.17, 15) is 10.1 Å². The molecule has 1 amide bonds. The van der Waals surface area contributed by atoms with Crippen molar-refractivity contribution in [2.24, 2.45) is 23.7 Å². The molecule has 1 aliphatic heterocycles. The fraction of sp³-hybridized carbons (Fsp3) is 0.594. The monoisotopic (exact) mass is 528 g/mol. The van der Waals surface area contributed by atoms with Gasteiger partial charge in [0.05, 0.1) is 6.07 Å². The van der Waals surface area contributed by atoms with Gasteiger partial charge in [-0.15, -0.1) is 0 Å². The first-order valence-electron chi connectivity index (χ1n) is 14.7. The Hall–Kier alpha value is -3.11. The summed E-state index contributed by atoms with van der Waals surface area (Å²) in [6.45, 7) is 10.0. The van der Waals surface area contributed by atoms with Crippen molar-refractivity contribution >= 4 is 12.1 Å². The lowest BCUT2D eigenvalue weighted by molar-refractivity contribution is 0.0963. The molecule has 3 fully saturated rings. The summed E-state index contributed by atoms with van der Waals surface area (Å²) in [5, 5.41) is 28.1. The number of allylic oxidation sites excluding steroid dienone is 1. The number of nitrogens with zero attached hydrogens (tertiary/aromatic N) is 2. The molecule has 0 radical (unpaired) electrons. The Bertz CT molecular complexity index is 1190. The zero-order chi connectivity index (χ0) is 27.7. The van der Waals surface area contributed by atoms with Crippen LogP contribution in [0.2, 0.25) is 0 Å². The molecule has 1 heterocycles. The molecule has 7 heteroatoms. The van der Waals surface area contributed by atoms with E-state index in [0.717, 1.165) is 62.9 Å². The van der Waals surface area contributed by atoms with Gasteiger partial charge < -0.3 is 26.3 Å². The Morgan fingerprint density at radius 3 is 2.72 bits per heavy atom. The number of fused-ring (bicyclic) bond motifs is 3. The molecular weight excluding hydrogens is 484 g/mol. The predicted molar refractivity (Wildman–Crippen MR) is 156 cm³/mol. The van der Waals surface area contributed by atoms with Crippen LogP contribution in [0.4, 0.5) is 0 Å². The number of hydrogen-bond acceptors (Lipinski definition) is 6. The van der Waals surface area contributed by atoms with Gasteiger partial charge in [0.2, 0.25) is 0 Å². The summed E-state index contributed by atoms with van der Waals surface area (Å²) in [6.07, 6.45) is 9.93. The maximum Gasteiger partial charge on any atom is 0.251 e. The standard InChI is InChI=1S/C32H44N6O/c1-20(38-27(17-33)15-26-16-30(26)38)18-37-12-11-32(19-34)28-9-7-22(21(2)35-3)13-23(28)5-6-24-14-25(31(39)36-4)8-10-29(24)32/h8,10,14,19,22-23,26-28,30,34-35,37H,1-2,5-7,9,11-13,15-16,18H2,3-4H3,(H,36,39)/t22?,23?,26-,27+,28?,30+,32?/m1/s1. The molecule has 0 spiro atoms. The number of piperidine rings is 1. The van der Waals surface area contributed by atoms with Crippen LogP contribution in [0.25, 0.3) is 0 Å². The van der Waals surface area contributed by atoms with Crippen LogP contribution in [-0.2, 0) is 11.8 Å². The number of amides is 1. The van der Waals surface area contributed by atoms with Crippen molar-refractivity contribution in [3.05, 3.63) is 59.4 Å². The third-order valence-corrected chi connectivity index (χ3v) is 10.3. The quantitative estimate of drug-likeness (QED) is 0.270. The molecule has 39 heavy (non-hydrogen) atoms. The van der Waals surface area contributed by atoms with E-state index in [1.165, 1.54) is 17.5 Å². The second-order valence-corrected chi connectivity index (χ2v) is 12.2. The predicted octanol–water partition coefficient (Wildman–Crippen LogP) is 4.13. The van der Waals surface area contributed by atoms with Crippen LogP contribution in [0, 0.1) is 40.4 Å². The van der Waals surface area contributed by atoms with Crippen LogP contribution in [0.3, 0.4) is 0 Å². The fourth-order valence-corrected chi connectivity index (χ4v) is 8.09. The first-order valence-corrected chi connectivity index (χ1v) is 14.7. The Balaban J connectivity index is 1.37. The molecule has 4 N–H and O–H groups in total. The van der Waals surface area contributed by atoms with Gasteiger partial charge in [0.1, 0.15) is 6.04 Å². The van der Waals surface area contributed by atoms with E-state index in [1.807, 2.05) is 13.1 Å². The highest BCUT2D eigenvalue weighted by Crippen LogP contribution is 2.52. The second kappa shape index (κ2) is 11.2. The number of nitrogens with one attached hydrogen (secondary N) is 4. The van der Waals surface area contributed by atoms with Gasteiger partial charge in [-0.3, -0.25) is 4.79 Å². The number of benzene rings is 1. The molecule has 1 saturated heterocycles. The minimum Gasteiger partial charge on any atom is -0.392 e. The van der Waals surface area contributed by atoms with Crippen molar-refractivity contribution in [3.63, 3.8) is 0 Å². The Labute approximate surface area is 233 Å². The number of aryl methyl sites for hydroxylation is 1. The third kappa shape index (κ3) is 5.00. The SMILES string of the molecule is C=C(NC)C1CCC2C(CCc3cc(C(=O)NC)ccc3C2(C=N)CCNCC(=C)N2[C@H](C#N)C[C@@H]3C[C@@H]32)C1. The van der Waals surface area contributed by atoms with E-state index >= 15 is 0 Å². The molecule has 4 unspecified atom stereocenters. The Kier molecular flexibility index (Phi) is 7.87. The van der Waals surface area contributed by atoms with Crippen LogP contribution >= 0.6 is 0 Å². The summed E-state index contributed by atoms with van der Waals surface area (Å²) >= 11 is 0. The van der Waals surface area contributed by atoms with Gasteiger partial charge in [-0.05, 0) is 105 Å². The topological polar surface area (TPSA) is 104 Å². The summed E-state index contributed by atoms with van der Waals surface area (Å²) in [6, 6.07) is 9.04. The lowest BCUT2D eigenvalue weighted by atomic mass is 9.58. The van der Waals surface area contributed by atoms with E-state index in [0.29, 0.717) is 41.8 Å². The largest absolute Gasteiger partial charge is 0.392 e. The number of carbonyl (C=O) groups is 1. The summed E-state index contributed by atoms with van der Waals surface area (Å²) in [5.41, 5.74) is 4.85. The van der Waals surface area contributed by atoms with Gasteiger partial charge >= 0.3 is 0 Å². The molecule has 7 atom stereocenters. The molecule has 1 aromatic carbocycles. The number of hydrogen-bond donors (Lipinski definition) is 4. The van der Waals surface area contributed by atoms with E-state index in [2.05, 4.69) is 52.2 Å². The summed E-state index contributed by atoms with van der Waals surface area (Å²) < 4.78 is 0. The minimum absolute atomic E-state index is 0.0393.